The predicted octanol–water partition coefficient (Wildman–Crippen LogP) is 4.17. The Morgan fingerprint density at radius 3 is 2.57 bits per heavy atom. The van der Waals surface area contributed by atoms with E-state index < -0.39 is 10.0 Å². The van der Waals surface area contributed by atoms with Gasteiger partial charge in [0.05, 0.1) is 15.6 Å². The van der Waals surface area contributed by atoms with E-state index in [-0.39, 0.29) is 16.3 Å². The van der Waals surface area contributed by atoms with Gasteiger partial charge in [-0.2, -0.15) is 0 Å². The second-order valence-electron chi connectivity index (χ2n) is 4.39. The van der Waals surface area contributed by atoms with Gasteiger partial charge in [-0.05, 0) is 58.2 Å². The number of nitrogens with one attached hydrogen (secondary N) is 1. The first kappa shape index (κ1) is 16.1. The molecule has 7 heteroatoms. The topological polar surface area (TPSA) is 66.4 Å². The number of hydrogen-bond acceptors (Lipinski definition) is 3. The average molecular weight is 391 g/mol. The van der Waals surface area contributed by atoms with Crippen molar-refractivity contribution in [2.24, 2.45) is 0 Å². The summed E-state index contributed by atoms with van der Waals surface area (Å²) in [5.41, 5.74) is 1.07. The Kier molecular flexibility index (Phi) is 4.81. The number of anilines is 1. The van der Waals surface area contributed by atoms with Gasteiger partial charge in [-0.25, -0.2) is 8.42 Å². The first-order valence-corrected chi connectivity index (χ1v) is 8.78. The Labute approximate surface area is 136 Å². The van der Waals surface area contributed by atoms with Crippen molar-refractivity contribution in [3.8, 4) is 5.75 Å². The molecule has 0 spiro atoms. The largest absolute Gasteiger partial charge is 0.506 e. The SMILES string of the molecule is CCc1ccc(O)c(NS(=O)(=O)c2ccc(Cl)c(Br)c2)c1. The van der Waals surface area contributed by atoms with E-state index in [9.17, 15) is 13.5 Å². The highest BCUT2D eigenvalue weighted by Crippen LogP contribution is 2.29. The summed E-state index contributed by atoms with van der Waals surface area (Å²) >= 11 is 9.04. The summed E-state index contributed by atoms with van der Waals surface area (Å²) in [6, 6.07) is 9.11. The average Bonchev–Trinajstić information content (AvgIpc) is 2.44. The van der Waals surface area contributed by atoms with Crippen molar-refractivity contribution in [3.63, 3.8) is 0 Å². The van der Waals surface area contributed by atoms with Crippen LogP contribution in [0.25, 0.3) is 0 Å². The van der Waals surface area contributed by atoms with E-state index in [0.717, 1.165) is 12.0 Å². The molecule has 0 bridgehead atoms. The van der Waals surface area contributed by atoms with Crippen LogP contribution in [0.2, 0.25) is 5.02 Å². The third kappa shape index (κ3) is 3.70. The fraction of sp³-hybridized carbons (Fsp3) is 0.143. The van der Waals surface area contributed by atoms with Crippen LogP contribution in [0, 0.1) is 0 Å². The molecule has 0 saturated heterocycles. The van der Waals surface area contributed by atoms with E-state index in [2.05, 4.69) is 20.7 Å². The number of phenolic OH excluding ortho intramolecular Hbond substituents is 1. The first-order valence-electron chi connectivity index (χ1n) is 6.13. The van der Waals surface area contributed by atoms with Crippen LogP contribution in [0.4, 0.5) is 5.69 Å². The molecule has 0 aliphatic rings. The number of sulfonamides is 1. The van der Waals surface area contributed by atoms with Gasteiger partial charge in [-0.1, -0.05) is 24.6 Å². The molecule has 0 aliphatic heterocycles. The molecule has 112 valence electrons. The molecule has 21 heavy (non-hydrogen) atoms. The summed E-state index contributed by atoms with van der Waals surface area (Å²) in [4.78, 5) is 0.0556. The third-order valence-electron chi connectivity index (χ3n) is 2.91. The zero-order valence-electron chi connectivity index (χ0n) is 11.1. The van der Waals surface area contributed by atoms with Crippen LogP contribution < -0.4 is 4.72 Å². The number of hydrogen-bond donors (Lipinski definition) is 2. The Hall–Kier alpha value is -1.24. The maximum atomic E-state index is 12.3. The molecule has 0 atom stereocenters. The molecule has 0 aliphatic carbocycles. The number of benzene rings is 2. The van der Waals surface area contributed by atoms with Crippen molar-refractivity contribution in [1.29, 1.82) is 0 Å². The standard InChI is InChI=1S/C14H13BrClNO3S/c1-2-9-3-6-14(18)13(7-9)17-21(19,20)10-4-5-12(16)11(15)8-10/h3-8,17-18H,2H2,1H3. The lowest BCUT2D eigenvalue weighted by Crippen LogP contribution is -2.13. The van der Waals surface area contributed by atoms with Crippen LogP contribution in [-0.4, -0.2) is 13.5 Å². The quantitative estimate of drug-likeness (QED) is 0.770. The molecule has 0 saturated carbocycles. The van der Waals surface area contributed by atoms with Gasteiger partial charge in [0, 0.05) is 4.47 Å². The van der Waals surface area contributed by atoms with Gasteiger partial charge in [-0.15, -0.1) is 0 Å². The summed E-state index contributed by atoms with van der Waals surface area (Å²) in [6.07, 6.45) is 0.738. The lowest BCUT2D eigenvalue weighted by atomic mass is 10.1. The molecule has 0 heterocycles. The van der Waals surface area contributed by atoms with Crippen molar-refractivity contribution in [1.82, 2.24) is 0 Å². The van der Waals surface area contributed by atoms with E-state index in [1.807, 2.05) is 6.92 Å². The van der Waals surface area contributed by atoms with E-state index >= 15 is 0 Å². The van der Waals surface area contributed by atoms with E-state index in [1.54, 1.807) is 12.1 Å². The van der Waals surface area contributed by atoms with Gasteiger partial charge in [0.1, 0.15) is 5.75 Å². The van der Waals surface area contributed by atoms with Gasteiger partial charge >= 0.3 is 0 Å². The smallest absolute Gasteiger partial charge is 0.262 e. The number of rotatable bonds is 4. The highest BCUT2D eigenvalue weighted by atomic mass is 79.9. The zero-order valence-corrected chi connectivity index (χ0v) is 14.3. The molecule has 0 fully saturated rings. The fourth-order valence-corrected chi connectivity index (χ4v) is 3.47. The number of halogens is 2. The Morgan fingerprint density at radius 2 is 1.95 bits per heavy atom. The second kappa shape index (κ2) is 6.25. The third-order valence-corrected chi connectivity index (χ3v) is 5.49. The monoisotopic (exact) mass is 389 g/mol. The molecule has 0 unspecified atom stereocenters. The summed E-state index contributed by atoms with van der Waals surface area (Å²) in [5.74, 6) is -0.121. The first-order chi connectivity index (χ1) is 9.83. The van der Waals surface area contributed by atoms with Crippen LogP contribution in [0.15, 0.2) is 45.8 Å². The molecule has 0 amide bonds. The lowest BCUT2D eigenvalue weighted by Gasteiger charge is -2.11. The minimum atomic E-state index is -3.80. The molecule has 2 rings (SSSR count). The summed E-state index contributed by atoms with van der Waals surface area (Å²) in [6.45, 7) is 1.95. The van der Waals surface area contributed by atoms with Crippen molar-refractivity contribution < 1.29 is 13.5 Å². The lowest BCUT2D eigenvalue weighted by molar-refractivity contribution is 0.477. The van der Waals surface area contributed by atoms with Crippen molar-refractivity contribution in [3.05, 3.63) is 51.5 Å². The predicted molar refractivity (Wildman–Crippen MR) is 87.4 cm³/mol. The maximum Gasteiger partial charge on any atom is 0.262 e. The fourth-order valence-electron chi connectivity index (χ4n) is 1.73. The highest BCUT2D eigenvalue weighted by molar-refractivity contribution is 9.10. The molecule has 2 aromatic carbocycles. The van der Waals surface area contributed by atoms with Gasteiger partial charge in [0.25, 0.3) is 10.0 Å². The maximum absolute atomic E-state index is 12.3. The summed E-state index contributed by atoms with van der Waals surface area (Å²) < 4.78 is 27.5. The van der Waals surface area contributed by atoms with E-state index in [4.69, 9.17) is 11.6 Å². The number of aryl methyl sites for hydroxylation is 1. The van der Waals surface area contributed by atoms with E-state index in [0.29, 0.717) is 9.50 Å². The van der Waals surface area contributed by atoms with Gasteiger partial charge in [-0.3, -0.25) is 4.72 Å². The minimum absolute atomic E-state index is 0.0556. The number of phenols is 1. The van der Waals surface area contributed by atoms with Crippen LogP contribution in [0.1, 0.15) is 12.5 Å². The molecular formula is C14H13BrClNO3S. The van der Waals surface area contributed by atoms with Crippen LogP contribution >= 0.6 is 27.5 Å². The molecule has 0 aromatic heterocycles. The van der Waals surface area contributed by atoms with Crippen molar-refractivity contribution in [2.75, 3.05) is 4.72 Å². The molecule has 2 aromatic rings. The minimum Gasteiger partial charge on any atom is -0.506 e. The Bertz CT molecular complexity index is 778. The number of aromatic hydroxyl groups is 1. The molecular weight excluding hydrogens is 378 g/mol. The molecule has 0 radical (unpaired) electrons. The molecule has 4 nitrogen and oxygen atoms in total. The van der Waals surface area contributed by atoms with Crippen LogP contribution in [0.5, 0.6) is 5.75 Å². The summed E-state index contributed by atoms with van der Waals surface area (Å²) in [5, 5.41) is 10.2. The van der Waals surface area contributed by atoms with Crippen LogP contribution in [-0.2, 0) is 16.4 Å². The molecule has 2 N–H and O–H groups in total. The zero-order chi connectivity index (χ0) is 15.6. The van der Waals surface area contributed by atoms with Gasteiger partial charge in [0.2, 0.25) is 0 Å². The van der Waals surface area contributed by atoms with Gasteiger partial charge < -0.3 is 5.11 Å². The Morgan fingerprint density at radius 1 is 1.24 bits per heavy atom. The van der Waals surface area contributed by atoms with Gasteiger partial charge in [0.15, 0.2) is 0 Å². The Balaban J connectivity index is 2.39. The van der Waals surface area contributed by atoms with Crippen molar-refractivity contribution in [2.45, 2.75) is 18.2 Å². The second-order valence-corrected chi connectivity index (χ2v) is 7.33. The summed E-state index contributed by atoms with van der Waals surface area (Å²) in [7, 11) is -3.80. The highest BCUT2D eigenvalue weighted by Gasteiger charge is 2.17. The van der Waals surface area contributed by atoms with Crippen LogP contribution in [0.3, 0.4) is 0 Å². The van der Waals surface area contributed by atoms with E-state index in [1.165, 1.54) is 24.3 Å². The van der Waals surface area contributed by atoms with Crippen molar-refractivity contribution >= 4 is 43.2 Å². The normalized spacial score (nSPS) is 11.4.